The van der Waals surface area contributed by atoms with Crippen LogP contribution in [-0.4, -0.2) is 42.1 Å². The summed E-state index contributed by atoms with van der Waals surface area (Å²) >= 11 is 0. The van der Waals surface area contributed by atoms with Crippen LogP contribution >= 0.6 is 0 Å². The highest BCUT2D eigenvalue weighted by Gasteiger charge is 2.48. The first-order chi connectivity index (χ1) is 18.4. The molecule has 1 saturated heterocycles. The number of benzene rings is 1. The maximum atomic E-state index is 14.0. The summed E-state index contributed by atoms with van der Waals surface area (Å²) in [5.74, 6) is 2.34. The smallest absolute Gasteiger partial charge is 0.265 e. The van der Waals surface area contributed by atoms with Gasteiger partial charge < -0.3 is 4.57 Å². The minimum absolute atomic E-state index is 0.00889. The molecule has 0 spiro atoms. The van der Waals surface area contributed by atoms with Crippen LogP contribution in [0.4, 0.5) is 0 Å². The van der Waals surface area contributed by atoms with Gasteiger partial charge in [-0.05, 0) is 84.9 Å². The average Bonchev–Trinajstić information content (AvgIpc) is 3.32. The van der Waals surface area contributed by atoms with Crippen molar-refractivity contribution in [3.8, 4) is 11.1 Å². The molecule has 6 rings (SSSR count). The highest BCUT2D eigenvalue weighted by Crippen LogP contribution is 2.51. The van der Waals surface area contributed by atoms with Crippen LogP contribution in [0.2, 0.25) is 0 Å². The van der Waals surface area contributed by atoms with Crippen LogP contribution in [0.15, 0.2) is 53.8 Å². The van der Waals surface area contributed by atoms with E-state index in [2.05, 4.69) is 60.1 Å². The molecule has 7 heteroatoms. The number of hydrogen-bond acceptors (Lipinski definition) is 5. The summed E-state index contributed by atoms with van der Waals surface area (Å²) in [6.45, 7) is 9.86. The molecule has 2 fully saturated rings. The second-order valence-electron chi connectivity index (χ2n) is 11.8. The van der Waals surface area contributed by atoms with Crippen LogP contribution in [0.3, 0.4) is 0 Å². The Hall–Kier alpha value is -3.32. The van der Waals surface area contributed by atoms with Gasteiger partial charge in [-0.1, -0.05) is 39.0 Å². The third kappa shape index (κ3) is 4.27. The maximum absolute atomic E-state index is 14.0. The van der Waals surface area contributed by atoms with Crippen LogP contribution in [0.5, 0.6) is 0 Å². The summed E-state index contributed by atoms with van der Waals surface area (Å²) in [5, 5.41) is 8.66. The molecule has 1 atom stereocenters. The lowest BCUT2D eigenvalue weighted by Gasteiger charge is -2.46. The van der Waals surface area contributed by atoms with Gasteiger partial charge in [0.1, 0.15) is 17.8 Å². The predicted molar refractivity (Wildman–Crippen MR) is 150 cm³/mol. The Balaban J connectivity index is 1.41. The molecular weight excluding hydrogens is 472 g/mol. The number of rotatable bonds is 6. The predicted octanol–water partition coefficient (Wildman–Crippen LogP) is 5.00. The van der Waals surface area contributed by atoms with Crippen LogP contribution in [0, 0.1) is 11.8 Å². The molecule has 1 aliphatic carbocycles. The van der Waals surface area contributed by atoms with Crippen LogP contribution < -0.4 is 5.56 Å². The minimum atomic E-state index is -0.171. The van der Waals surface area contributed by atoms with Crippen molar-refractivity contribution in [2.75, 3.05) is 13.1 Å². The van der Waals surface area contributed by atoms with Gasteiger partial charge in [0.05, 0.1) is 11.0 Å². The normalized spacial score (nSPS) is 24.0. The summed E-state index contributed by atoms with van der Waals surface area (Å²) in [7, 11) is 2.01. The number of aryl methyl sites for hydroxylation is 2. The van der Waals surface area contributed by atoms with Crippen molar-refractivity contribution in [3.63, 3.8) is 0 Å². The number of nitrogens with zero attached hydrogens (tertiary/aromatic N) is 6. The zero-order chi connectivity index (χ0) is 26.4. The van der Waals surface area contributed by atoms with Crippen LogP contribution in [0.25, 0.3) is 16.8 Å². The Morgan fingerprint density at radius 3 is 2.68 bits per heavy atom. The molecule has 1 aromatic carbocycles. The summed E-state index contributed by atoms with van der Waals surface area (Å²) in [5.41, 5.74) is 5.62. The molecular formula is C31H38N6O. The van der Waals surface area contributed by atoms with E-state index in [-0.39, 0.29) is 11.0 Å². The number of hydrogen-bond donors (Lipinski definition) is 0. The molecule has 2 aliphatic rings. The van der Waals surface area contributed by atoms with Gasteiger partial charge in [-0.25, -0.2) is 4.98 Å². The van der Waals surface area contributed by atoms with E-state index >= 15 is 0 Å². The monoisotopic (exact) mass is 510 g/mol. The molecule has 0 radical (unpaired) electrons. The number of likely N-dealkylation sites (tertiary alicyclic amines) is 1. The van der Waals surface area contributed by atoms with E-state index in [9.17, 15) is 4.79 Å². The summed E-state index contributed by atoms with van der Waals surface area (Å²) < 4.78 is 3.81. The number of aromatic nitrogens is 5. The topological polar surface area (TPSA) is 68.3 Å². The second-order valence-corrected chi connectivity index (χ2v) is 11.8. The molecule has 4 aromatic rings. The Bertz CT molecular complexity index is 1530. The molecule has 4 heterocycles. The Labute approximate surface area is 224 Å². The molecule has 0 N–H and O–H groups in total. The summed E-state index contributed by atoms with van der Waals surface area (Å²) in [6.07, 6.45) is 11.0. The molecule has 0 bridgehead atoms. The van der Waals surface area contributed by atoms with Crippen molar-refractivity contribution in [3.05, 3.63) is 81.9 Å². The van der Waals surface area contributed by atoms with E-state index in [1.807, 2.05) is 23.9 Å². The Morgan fingerprint density at radius 2 is 1.97 bits per heavy atom. The van der Waals surface area contributed by atoms with E-state index in [1.54, 1.807) is 16.9 Å². The molecule has 3 aromatic heterocycles. The van der Waals surface area contributed by atoms with Gasteiger partial charge in [-0.15, -0.1) is 10.2 Å². The van der Waals surface area contributed by atoms with Gasteiger partial charge in [0.25, 0.3) is 5.56 Å². The van der Waals surface area contributed by atoms with Gasteiger partial charge in [-0.3, -0.25) is 14.1 Å². The second kappa shape index (κ2) is 9.77. The van der Waals surface area contributed by atoms with E-state index in [0.29, 0.717) is 11.5 Å². The van der Waals surface area contributed by atoms with E-state index in [4.69, 9.17) is 4.98 Å². The highest BCUT2D eigenvalue weighted by molar-refractivity contribution is 5.65. The van der Waals surface area contributed by atoms with Crippen molar-refractivity contribution in [2.24, 2.45) is 18.9 Å². The fourth-order valence-corrected chi connectivity index (χ4v) is 6.93. The molecule has 1 aliphatic heterocycles. The van der Waals surface area contributed by atoms with Gasteiger partial charge in [0.2, 0.25) is 0 Å². The van der Waals surface area contributed by atoms with Gasteiger partial charge in [0, 0.05) is 32.5 Å². The first kappa shape index (κ1) is 25.0. The third-order valence-corrected chi connectivity index (χ3v) is 8.72. The zero-order valence-electron chi connectivity index (χ0n) is 23.0. The maximum Gasteiger partial charge on any atom is 0.265 e. The molecule has 7 nitrogen and oxygen atoms in total. The van der Waals surface area contributed by atoms with Crippen molar-refractivity contribution in [2.45, 2.75) is 64.8 Å². The average molecular weight is 511 g/mol. The van der Waals surface area contributed by atoms with Crippen molar-refractivity contribution < 1.29 is 0 Å². The van der Waals surface area contributed by atoms with Gasteiger partial charge in [-0.2, -0.15) is 0 Å². The molecule has 198 valence electrons. The first-order valence-corrected chi connectivity index (χ1v) is 14.1. The SMILES string of the molecule is CCc1cc(CN2CCC[C@H](C)C2)cn2c(=O)c(-c3cccc(C4(c5nncn5C)CC(C)C4)c3)cnc12. The third-order valence-electron chi connectivity index (χ3n) is 8.72. The van der Waals surface area contributed by atoms with Crippen molar-refractivity contribution >= 4 is 5.65 Å². The highest BCUT2D eigenvalue weighted by atomic mass is 16.1. The number of fused-ring (bicyclic) bond motifs is 1. The Morgan fingerprint density at radius 1 is 1.13 bits per heavy atom. The van der Waals surface area contributed by atoms with Crippen LogP contribution in [0.1, 0.15) is 69.0 Å². The van der Waals surface area contributed by atoms with E-state index in [0.717, 1.165) is 67.4 Å². The lowest BCUT2D eigenvalue weighted by Crippen LogP contribution is -2.43. The largest absolute Gasteiger partial charge is 0.320 e. The number of piperidine rings is 1. The lowest BCUT2D eigenvalue weighted by atomic mass is 9.58. The quantitative estimate of drug-likeness (QED) is 0.365. The van der Waals surface area contributed by atoms with E-state index < -0.39 is 0 Å². The summed E-state index contributed by atoms with van der Waals surface area (Å²) in [6, 6.07) is 10.7. The van der Waals surface area contributed by atoms with Crippen molar-refractivity contribution in [1.29, 1.82) is 0 Å². The van der Waals surface area contributed by atoms with Crippen molar-refractivity contribution in [1.82, 2.24) is 29.0 Å². The standard InChI is InChI=1S/C31H38N6O/c1-5-24-12-23(18-36-11-7-8-21(2)17-36)19-37-28(24)32-16-27(29(37)38)25-9-6-10-26(13-25)31(14-22(3)15-31)30-34-33-20-35(30)4/h6,9-10,12-13,16,19-22H,5,7-8,11,14-15,17-18H2,1-4H3/t21-,22?,31?/m0/s1. The fourth-order valence-electron chi connectivity index (χ4n) is 6.93. The fraction of sp³-hybridized carbons (Fsp3) is 0.484. The Kier molecular flexibility index (Phi) is 6.42. The molecule has 1 saturated carbocycles. The molecule has 0 amide bonds. The molecule has 0 unspecified atom stereocenters. The number of pyridine rings is 1. The zero-order valence-corrected chi connectivity index (χ0v) is 23.0. The summed E-state index contributed by atoms with van der Waals surface area (Å²) in [4.78, 5) is 21.3. The van der Waals surface area contributed by atoms with E-state index in [1.165, 1.54) is 24.0 Å². The molecule has 38 heavy (non-hydrogen) atoms. The van der Waals surface area contributed by atoms with Gasteiger partial charge in [0.15, 0.2) is 0 Å². The first-order valence-electron chi connectivity index (χ1n) is 14.1. The lowest BCUT2D eigenvalue weighted by molar-refractivity contribution is 0.176. The van der Waals surface area contributed by atoms with Gasteiger partial charge >= 0.3 is 0 Å². The van der Waals surface area contributed by atoms with Crippen LogP contribution in [-0.2, 0) is 25.4 Å². The minimum Gasteiger partial charge on any atom is -0.320 e.